The standard InChI is InChI=1S/C15H19N3O3S/c1-4-21-15(20)18-6-5-10-11(7-16)14(22-12(10)8-18)17-13(19)9(2)3/h9H,4-6,8H2,1-3H3,(H,17,19). The number of amides is 2. The number of anilines is 1. The normalized spacial score (nSPS) is 13.5. The summed E-state index contributed by atoms with van der Waals surface area (Å²) in [5.74, 6) is -0.265. The molecule has 0 fully saturated rings. The van der Waals surface area contributed by atoms with E-state index < -0.39 is 0 Å². The number of nitriles is 1. The van der Waals surface area contributed by atoms with Gasteiger partial charge in [-0.25, -0.2) is 4.79 Å². The minimum absolute atomic E-state index is 0.114. The van der Waals surface area contributed by atoms with E-state index >= 15 is 0 Å². The third-order valence-corrected chi connectivity index (χ3v) is 4.59. The summed E-state index contributed by atoms with van der Waals surface area (Å²) < 4.78 is 5.01. The van der Waals surface area contributed by atoms with Gasteiger partial charge in [0.1, 0.15) is 11.1 Å². The molecule has 1 N–H and O–H groups in total. The van der Waals surface area contributed by atoms with Crippen molar-refractivity contribution in [2.75, 3.05) is 18.5 Å². The molecule has 1 aromatic heterocycles. The van der Waals surface area contributed by atoms with Gasteiger partial charge in [-0.3, -0.25) is 4.79 Å². The first-order valence-electron chi connectivity index (χ1n) is 7.25. The molecule has 2 amide bonds. The Morgan fingerprint density at radius 3 is 2.82 bits per heavy atom. The predicted octanol–water partition coefficient (Wildman–Crippen LogP) is 2.73. The van der Waals surface area contributed by atoms with E-state index in [1.165, 1.54) is 11.3 Å². The summed E-state index contributed by atoms with van der Waals surface area (Å²) in [6.45, 7) is 6.66. The van der Waals surface area contributed by atoms with Gasteiger partial charge in [-0.15, -0.1) is 11.3 Å². The van der Waals surface area contributed by atoms with Gasteiger partial charge in [0, 0.05) is 17.3 Å². The van der Waals surface area contributed by atoms with Crippen molar-refractivity contribution in [3.63, 3.8) is 0 Å². The minimum Gasteiger partial charge on any atom is -0.450 e. The fourth-order valence-corrected chi connectivity index (χ4v) is 3.45. The number of hydrogen-bond donors (Lipinski definition) is 1. The summed E-state index contributed by atoms with van der Waals surface area (Å²) in [5.41, 5.74) is 1.46. The first-order valence-corrected chi connectivity index (χ1v) is 8.06. The van der Waals surface area contributed by atoms with Gasteiger partial charge >= 0.3 is 6.09 Å². The molecular formula is C15H19N3O3S. The van der Waals surface area contributed by atoms with Gasteiger partial charge in [0.05, 0.1) is 18.7 Å². The number of rotatable bonds is 3. The molecule has 1 aliphatic heterocycles. The van der Waals surface area contributed by atoms with Crippen LogP contribution in [0.25, 0.3) is 0 Å². The Morgan fingerprint density at radius 1 is 1.50 bits per heavy atom. The summed E-state index contributed by atoms with van der Waals surface area (Å²) in [7, 11) is 0. The summed E-state index contributed by atoms with van der Waals surface area (Å²) in [4.78, 5) is 26.2. The number of carbonyl (C=O) groups excluding carboxylic acids is 2. The number of hydrogen-bond acceptors (Lipinski definition) is 5. The lowest BCUT2D eigenvalue weighted by Crippen LogP contribution is -2.35. The molecule has 0 atom stereocenters. The molecule has 0 aromatic carbocycles. The van der Waals surface area contributed by atoms with Gasteiger partial charge in [0.15, 0.2) is 0 Å². The molecule has 22 heavy (non-hydrogen) atoms. The van der Waals surface area contributed by atoms with Crippen LogP contribution < -0.4 is 5.32 Å². The zero-order chi connectivity index (χ0) is 16.3. The summed E-state index contributed by atoms with van der Waals surface area (Å²) in [5, 5.41) is 12.8. The van der Waals surface area contributed by atoms with E-state index in [1.54, 1.807) is 25.7 Å². The van der Waals surface area contributed by atoms with Crippen LogP contribution in [0.2, 0.25) is 0 Å². The first kappa shape index (κ1) is 16.3. The maximum atomic E-state index is 11.9. The van der Waals surface area contributed by atoms with E-state index in [-0.39, 0.29) is 17.9 Å². The quantitative estimate of drug-likeness (QED) is 0.928. The third-order valence-electron chi connectivity index (χ3n) is 3.46. The molecule has 0 radical (unpaired) electrons. The highest BCUT2D eigenvalue weighted by Gasteiger charge is 2.28. The molecule has 1 aromatic rings. The monoisotopic (exact) mass is 321 g/mol. The lowest BCUT2D eigenvalue weighted by molar-refractivity contribution is -0.118. The Hall–Kier alpha value is -2.07. The van der Waals surface area contributed by atoms with Crippen LogP contribution in [-0.4, -0.2) is 30.1 Å². The van der Waals surface area contributed by atoms with Gasteiger partial charge in [0.2, 0.25) is 5.91 Å². The molecule has 0 spiro atoms. The Morgan fingerprint density at radius 2 is 2.23 bits per heavy atom. The molecule has 118 valence electrons. The van der Waals surface area contributed by atoms with Crippen LogP contribution in [0.15, 0.2) is 0 Å². The van der Waals surface area contributed by atoms with Crippen molar-refractivity contribution < 1.29 is 14.3 Å². The number of carbonyl (C=O) groups is 2. The molecule has 0 saturated carbocycles. The van der Waals surface area contributed by atoms with Crippen molar-refractivity contribution in [3.8, 4) is 6.07 Å². The molecule has 2 rings (SSSR count). The lowest BCUT2D eigenvalue weighted by Gasteiger charge is -2.25. The topological polar surface area (TPSA) is 82.4 Å². The number of ether oxygens (including phenoxy) is 1. The second-order valence-electron chi connectivity index (χ2n) is 5.33. The second-order valence-corrected chi connectivity index (χ2v) is 6.44. The summed E-state index contributed by atoms with van der Waals surface area (Å²) in [6.07, 6.45) is 0.262. The van der Waals surface area contributed by atoms with Gasteiger partial charge in [-0.1, -0.05) is 13.8 Å². The highest BCUT2D eigenvalue weighted by atomic mass is 32.1. The number of thiophene rings is 1. The molecule has 7 heteroatoms. The van der Waals surface area contributed by atoms with Crippen LogP contribution >= 0.6 is 11.3 Å². The fraction of sp³-hybridized carbons (Fsp3) is 0.533. The highest BCUT2D eigenvalue weighted by Crippen LogP contribution is 2.36. The molecule has 2 heterocycles. The van der Waals surface area contributed by atoms with Gasteiger partial charge in [0.25, 0.3) is 0 Å². The Bertz CT molecular complexity index is 631. The zero-order valence-corrected chi connectivity index (χ0v) is 13.7. The SMILES string of the molecule is CCOC(=O)N1CCc2c(sc(NC(=O)C(C)C)c2C#N)C1. The van der Waals surface area contributed by atoms with Crippen molar-refractivity contribution in [3.05, 3.63) is 16.0 Å². The largest absolute Gasteiger partial charge is 0.450 e. The van der Waals surface area contributed by atoms with Gasteiger partial charge in [-0.05, 0) is 18.9 Å². The van der Waals surface area contributed by atoms with Crippen LogP contribution in [-0.2, 0) is 22.5 Å². The fourth-order valence-electron chi connectivity index (χ4n) is 2.24. The summed E-state index contributed by atoms with van der Waals surface area (Å²) >= 11 is 1.37. The van der Waals surface area contributed by atoms with E-state index in [4.69, 9.17) is 4.74 Å². The van der Waals surface area contributed by atoms with Crippen molar-refractivity contribution in [1.82, 2.24) is 4.90 Å². The van der Waals surface area contributed by atoms with E-state index in [9.17, 15) is 14.9 Å². The molecule has 0 unspecified atom stereocenters. The smallest absolute Gasteiger partial charge is 0.410 e. The average molecular weight is 321 g/mol. The van der Waals surface area contributed by atoms with E-state index in [0.29, 0.717) is 36.7 Å². The maximum Gasteiger partial charge on any atom is 0.410 e. The van der Waals surface area contributed by atoms with E-state index in [2.05, 4.69) is 11.4 Å². The lowest BCUT2D eigenvalue weighted by atomic mass is 10.0. The Labute approximate surface area is 133 Å². The van der Waals surface area contributed by atoms with Crippen LogP contribution in [0.1, 0.15) is 36.8 Å². The Balaban J connectivity index is 2.23. The number of nitrogens with one attached hydrogen (secondary N) is 1. The van der Waals surface area contributed by atoms with Gasteiger partial charge in [-0.2, -0.15) is 5.26 Å². The van der Waals surface area contributed by atoms with Gasteiger partial charge < -0.3 is 15.0 Å². The number of fused-ring (bicyclic) bond motifs is 1. The molecule has 0 bridgehead atoms. The maximum absolute atomic E-state index is 11.9. The molecule has 1 aliphatic rings. The van der Waals surface area contributed by atoms with Crippen molar-refractivity contribution in [2.24, 2.45) is 5.92 Å². The van der Waals surface area contributed by atoms with Crippen LogP contribution in [0.3, 0.4) is 0 Å². The predicted molar refractivity (Wildman–Crippen MR) is 83.6 cm³/mol. The highest BCUT2D eigenvalue weighted by molar-refractivity contribution is 7.16. The van der Waals surface area contributed by atoms with Crippen molar-refractivity contribution >= 4 is 28.3 Å². The summed E-state index contributed by atoms with van der Waals surface area (Å²) in [6, 6.07) is 2.18. The molecule has 0 aliphatic carbocycles. The van der Waals surface area contributed by atoms with Crippen LogP contribution in [0.5, 0.6) is 0 Å². The van der Waals surface area contributed by atoms with Crippen LogP contribution in [0, 0.1) is 17.2 Å². The average Bonchev–Trinajstić information content (AvgIpc) is 2.83. The van der Waals surface area contributed by atoms with Crippen molar-refractivity contribution in [1.29, 1.82) is 5.26 Å². The van der Waals surface area contributed by atoms with E-state index in [1.807, 2.05) is 0 Å². The first-order chi connectivity index (χ1) is 10.5. The zero-order valence-electron chi connectivity index (χ0n) is 12.9. The molecular weight excluding hydrogens is 302 g/mol. The molecule has 0 saturated heterocycles. The minimum atomic E-state index is -0.340. The van der Waals surface area contributed by atoms with Crippen molar-refractivity contribution in [2.45, 2.75) is 33.7 Å². The second kappa shape index (κ2) is 6.79. The van der Waals surface area contributed by atoms with E-state index in [0.717, 1.165) is 10.4 Å². The van der Waals surface area contributed by atoms with Crippen LogP contribution in [0.4, 0.5) is 9.80 Å². The third kappa shape index (κ3) is 3.22. The Kier molecular flexibility index (Phi) is 5.03. The number of nitrogens with zero attached hydrogens (tertiary/aromatic N) is 2. The molecule has 6 nitrogen and oxygen atoms in total.